The quantitative estimate of drug-likeness (QED) is 0.0592. The molecule has 12 heteroatoms. The lowest BCUT2D eigenvalue weighted by Crippen LogP contribution is -2.50. The maximum atomic E-state index is 2.73. The second-order valence-corrected chi connectivity index (χ2v) is 85.8. The van der Waals surface area contributed by atoms with Crippen LogP contribution in [0.3, 0.4) is 0 Å². The summed E-state index contributed by atoms with van der Waals surface area (Å²) in [5, 5.41) is 16.2. The molecule has 0 aromatic heterocycles. The van der Waals surface area contributed by atoms with E-state index in [0.717, 1.165) is 68.2 Å². The summed E-state index contributed by atoms with van der Waals surface area (Å²) in [6, 6.07) is 142. The lowest BCUT2D eigenvalue weighted by molar-refractivity contribution is 0.438. The van der Waals surface area contributed by atoms with Gasteiger partial charge in [0.25, 0.3) is 0 Å². The minimum absolute atomic E-state index is 1.09. The zero-order valence-electron chi connectivity index (χ0n) is 81.3. The van der Waals surface area contributed by atoms with Crippen LogP contribution in [0.1, 0.15) is 33.4 Å². The summed E-state index contributed by atoms with van der Waals surface area (Å²) in [4.78, 5) is 10.5. The van der Waals surface area contributed by atoms with E-state index in [9.17, 15) is 0 Å². The number of hydrogen-bond acceptors (Lipinski definition) is 4. The predicted molar refractivity (Wildman–Crippen MR) is 594 cm³/mol. The van der Waals surface area contributed by atoms with Gasteiger partial charge in [0.05, 0.1) is 86.8 Å². The van der Waals surface area contributed by atoms with Crippen LogP contribution >= 0.6 is 0 Å². The normalized spacial score (nSPS) is 15.3. The summed E-state index contributed by atoms with van der Waals surface area (Å²) < 4.78 is 0. The number of fused-ring (bicyclic) bond motifs is 10. The summed E-state index contributed by atoms with van der Waals surface area (Å²) in [5.41, 5.74) is 23.1. The molecule has 2 atom stereocenters. The molecule has 654 valence electrons. The Hall–Kier alpha value is -11.0. The van der Waals surface area contributed by atoms with Crippen molar-refractivity contribution in [2.24, 2.45) is 0 Å². The van der Waals surface area contributed by atoms with Crippen LogP contribution in [0.15, 0.2) is 352 Å². The van der Waals surface area contributed by atoms with Crippen molar-refractivity contribution >= 4 is 196 Å². The number of anilines is 12. The smallest absolute Gasteiger partial charge is 0.0775 e. The van der Waals surface area contributed by atoms with E-state index in [2.05, 4.69) is 529 Å². The topological polar surface area (TPSA) is 13.0 Å². The molecule has 130 heavy (non-hydrogen) atoms. The number of nitrogens with zero attached hydrogens (tertiary/aromatic N) is 4. The Labute approximate surface area is 784 Å². The first-order valence-electron chi connectivity index (χ1n) is 47.1. The van der Waals surface area contributed by atoms with Crippen LogP contribution in [0, 0.1) is 0 Å². The van der Waals surface area contributed by atoms with Crippen LogP contribution in [0.25, 0.3) is 43.8 Å². The highest BCUT2D eigenvalue weighted by Gasteiger charge is 2.66. The number of rotatable bonds is 23. The van der Waals surface area contributed by atoms with Crippen LogP contribution in [0.4, 0.5) is 68.2 Å². The average molecular weight is 1830 g/mol. The maximum absolute atomic E-state index is 2.73. The first-order valence-corrected chi connectivity index (χ1v) is 75.1. The molecule has 2 aliphatic carbocycles. The van der Waals surface area contributed by atoms with Gasteiger partial charge in [0.15, 0.2) is 0 Å². The van der Waals surface area contributed by atoms with Crippen LogP contribution in [-0.4, -0.2) is 64.6 Å². The zero-order valence-corrected chi connectivity index (χ0v) is 89.3. The molecular weight excluding hydrogens is 1700 g/mol. The van der Waals surface area contributed by atoms with Crippen LogP contribution in [0.5, 0.6) is 0 Å². The van der Waals surface area contributed by atoms with Crippen molar-refractivity contribution in [3.05, 3.63) is 385 Å². The van der Waals surface area contributed by atoms with E-state index < -0.39 is 75.4 Å². The van der Waals surface area contributed by atoms with Crippen molar-refractivity contribution in [1.82, 2.24) is 0 Å². The molecule has 0 N–H and O–H groups in total. The molecule has 0 fully saturated rings. The molecule has 2 aliphatic rings. The fourth-order valence-electron chi connectivity index (χ4n) is 20.8. The first kappa shape index (κ1) is 89.6. The molecule has 0 saturated heterocycles. The van der Waals surface area contributed by atoms with Gasteiger partial charge in [-0.3, -0.25) is 0 Å². The van der Waals surface area contributed by atoms with E-state index in [4.69, 9.17) is 0 Å². The zero-order chi connectivity index (χ0) is 92.0. The molecule has 2 unspecified atom stereocenters. The van der Waals surface area contributed by atoms with Gasteiger partial charge < -0.3 is 19.6 Å². The summed E-state index contributed by atoms with van der Waals surface area (Å²) in [6.45, 7) is 59.3. The second-order valence-electron chi connectivity index (χ2n) is 45.1. The van der Waals surface area contributed by atoms with Crippen LogP contribution in [-0.2, 0) is 10.8 Å². The highest BCUT2D eigenvalue weighted by atomic mass is 28.3. The van der Waals surface area contributed by atoms with E-state index in [0.29, 0.717) is 0 Å². The molecule has 0 heterocycles. The first-order chi connectivity index (χ1) is 61.5. The summed E-state index contributed by atoms with van der Waals surface area (Å²) in [7, 11) is -14.2. The van der Waals surface area contributed by atoms with Crippen molar-refractivity contribution in [2.75, 3.05) is 19.6 Å². The van der Waals surface area contributed by atoms with Crippen molar-refractivity contribution in [3.63, 3.8) is 0 Å². The molecule has 18 rings (SSSR count). The highest BCUT2D eigenvalue weighted by Crippen LogP contribution is 2.73. The molecule has 0 aliphatic heterocycles. The highest BCUT2D eigenvalue weighted by molar-refractivity contribution is 6.92. The third-order valence-corrected chi connectivity index (χ3v) is 44.6. The average Bonchev–Trinajstić information content (AvgIpc) is 1.47. The number of hydrogen-bond donors (Lipinski definition) is 0. The minimum Gasteiger partial charge on any atom is -0.310 e. The fraction of sp³-hybridized carbons (Fsp3) is 0.220. The van der Waals surface area contributed by atoms with Crippen molar-refractivity contribution in [3.8, 4) is 22.3 Å². The third kappa shape index (κ3) is 16.0. The van der Waals surface area contributed by atoms with E-state index in [1.165, 1.54) is 119 Å². The maximum Gasteiger partial charge on any atom is 0.0775 e. The van der Waals surface area contributed by atoms with Gasteiger partial charge in [0.1, 0.15) is 0 Å². The lowest BCUT2D eigenvalue weighted by Gasteiger charge is -2.51. The Morgan fingerprint density at radius 3 is 0.554 bits per heavy atom. The molecule has 16 aromatic rings. The molecule has 0 amide bonds. The van der Waals surface area contributed by atoms with Gasteiger partial charge in [-0.2, -0.15) is 0 Å². The van der Waals surface area contributed by atoms with E-state index in [1.807, 2.05) is 0 Å². The van der Waals surface area contributed by atoms with Gasteiger partial charge >= 0.3 is 0 Å². The molecule has 0 radical (unpaired) electrons. The molecule has 0 bridgehead atoms. The standard InChI is InChI=1S/C118H130N4Si8/c1-123(2,3)95-61-43-85(44-62-95)119(86-45-63-96(64-46-86)124(4,5)6)93-59-77-107-109(79-93)117(83-35-27-25-28-36-83,111-81-113(103-39-31-33-41-105(103)115(107)111)121(89-51-69-99(70-52-89)127(13,14)15)90-53-71-100(72-54-90)128(16,17)18)118(84-37-29-26-30-38-84)110-80-94(120(87-47-65-97(66-48-87)125(7,8)9)88-49-67-98(68-50-88)126(10,11)12)60-78-108(110)116-106-42-34-32-40-104(106)114(82-112(116)118)122(91-55-73-101(74-56-91)129(19,20)21)92-57-75-102(76-58-92)130(22,23)24/h25-82H,1-24H3. The Morgan fingerprint density at radius 2 is 0.346 bits per heavy atom. The van der Waals surface area contributed by atoms with E-state index in [-0.39, 0.29) is 0 Å². The van der Waals surface area contributed by atoms with Crippen molar-refractivity contribution in [1.29, 1.82) is 0 Å². The van der Waals surface area contributed by atoms with Crippen molar-refractivity contribution < 1.29 is 0 Å². The molecule has 0 saturated carbocycles. The Bertz CT molecular complexity index is 6270. The van der Waals surface area contributed by atoms with Gasteiger partial charge in [0.2, 0.25) is 0 Å². The summed E-state index contributed by atoms with van der Waals surface area (Å²) in [6.07, 6.45) is 0. The molecule has 4 nitrogen and oxygen atoms in total. The third-order valence-electron chi connectivity index (χ3n) is 28.1. The fourth-order valence-corrected chi connectivity index (χ4v) is 30.1. The molecule has 0 spiro atoms. The molecule has 16 aromatic carbocycles. The predicted octanol–water partition coefficient (Wildman–Crippen LogP) is 29.6. The van der Waals surface area contributed by atoms with Gasteiger partial charge in [-0.1, -0.05) is 417 Å². The Balaban J connectivity index is 1.08. The SMILES string of the molecule is C[Si](C)(C)c1ccc(N(c2ccc([Si](C)(C)C)cc2)c2ccc3c(c2)C(c2ccccc2)(C2(c4ccccc4)c4cc(N(c5ccc([Si](C)(C)C)cc5)c5ccc([Si](C)(C)C)cc5)ccc4-c4c2cc(N(c2ccc([Si](C)(C)C)cc2)c2ccc([Si](C)(C)C)cc2)c2ccccc42)c2cc(N(c4ccc([Si](C)(C)C)cc4)c4ccc([Si](C)(C)C)cc4)c4ccccc4c2-3)cc1. The number of benzene rings is 16. The van der Waals surface area contributed by atoms with E-state index in [1.54, 1.807) is 0 Å². The minimum atomic E-state index is -1.79. The van der Waals surface area contributed by atoms with Gasteiger partial charge in [-0.05, 0) is 200 Å². The summed E-state index contributed by atoms with van der Waals surface area (Å²) in [5.74, 6) is 0. The van der Waals surface area contributed by atoms with Gasteiger partial charge in [0, 0.05) is 67.6 Å². The second kappa shape index (κ2) is 33.1. The van der Waals surface area contributed by atoms with Crippen molar-refractivity contribution in [2.45, 2.75) is 168 Å². The summed E-state index contributed by atoms with van der Waals surface area (Å²) >= 11 is 0. The largest absolute Gasteiger partial charge is 0.310 e. The monoisotopic (exact) mass is 1830 g/mol. The van der Waals surface area contributed by atoms with Gasteiger partial charge in [-0.25, -0.2) is 0 Å². The Morgan fingerprint density at radius 1 is 0.162 bits per heavy atom. The molecular formula is C118H130N4Si8. The van der Waals surface area contributed by atoms with Crippen LogP contribution < -0.4 is 61.1 Å². The lowest BCUT2D eigenvalue weighted by atomic mass is 9.49. The van der Waals surface area contributed by atoms with E-state index >= 15 is 0 Å². The van der Waals surface area contributed by atoms with Crippen LogP contribution in [0.2, 0.25) is 157 Å². The van der Waals surface area contributed by atoms with Gasteiger partial charge in [-0.15, -0.1) is 0 Å². The Kier molecular flexibility index (Phi) is 22.8.